The summed E-state index contributed by atoms with van der Waals surface area (Å²) in [5.74, 6) is 0.0324. The van der Waals surface area contributed by atoms with E-state index in [1.54, 1.807) is 11.8 Å². The van der Waals surface area contributed by atoms with Crippen LogP contribution in [0.1, 0.15) is 6.92 Å². The molecule has 2 N–H and O–H groups in total. The van der Waals surface area contributed by atoms with Crippen molar-refractivity contribution in [1.82, 2.24) is 4.90 Å². The second kappa shape index (κ2) is 2.84. The second-order valence-electron chi connectivity index (χ2n) is 2.50. The van der Waals surface area contributed by atoms with E-state index in [4.69, 9.17) is 5.73 Å². The lowest BCUT2D eigenvalue weighted by Crippen LogP contribution is -2.40. The number of nitrogens with zero attached hydrogens (tertiary/aromatic N) is 1. The Kier molecular flexibility index (Phi) is 2.06. The van der Waals surface area contributed by atoms with Crippen LogP contribution >= 0.6 is 0 Å². The fraction of sp³-hybridized carbons (Fsp3) is 0.571. The van der Waals surface area contributed by atoms with Crippen molar-refractivity contribution < 1.29 is 4.79 Å². The van der Waals surface area contributed by atoms with Crippen molar-refractivity contribution >= 4 is 5.91 Å². The van der Waals surface area contributed by atoms with Gasteiger partial charge < -0.3 is 10.6 Å². The first-order valence-electron chi connectivity index (χ1n) is 3.41. The van der Waals surface area contributed by atoms with E-state index in [1.807, 2.05) is 12.2 Å². The maximum absolute atomic E-state index is 11.1. The molecular weight excluding hydrogens is 128 g/mol. The predicted molar refractivity (Wildman–Crippen MR) is 39.4 cm³/mol. The average Bonchev–Trinajstić information content (AvgIpc) is 2.36. The lowest BCUT2D eigenvalue weighted by molar-refractivity contribution is -0.130. The van der Waals surface area contributed by atoms with Gasteiger partial charge in [0, 0.05) is 13.1 Å². The number of hydrogen-bond donors (Lipinski definition) is 1. The summed E-state index contributed by atoms with van der Waals surface area (Å²) in [5.41, 5.74) is 5.40. The van der Waals surface area contributed by atoms with Gasteiger partial charge in [0.25, 0.3) is 0 Å². The van der Waals surface area contributed by atoms with E-state index < -0.39 is 0 Å². The molecule has 0 unspecified atom stereocenters. The zero-order valence-corrected chi connectivity index (χ0v) is 6.08. The lowest BCUT2D eigenvalue weighted by atomic mass is 10.3. The first kappa shape index (κ1) is 7.28. The highest BCUT2D eigenvalue weighted by Gasteiger charge is 2.16. The largest absolute Gasteiger partial charge is 0.334 e. The minimum atomic E-state index is -0.361. The smallest absolute Gasteiger partial charge is 0.239 e. The molecule has 0 fully saturated rings. The molecule has 3 nitrogen and oxygen atoms in total. The molecule has 0 radical (unpaired) electrons. The number of nitrogens with two attached hydrogens (primary N) is 1. The van der Waals surface area contributed by atoms with E-state index in [-0.39, 0.29) is 11.9 Å². The van der Waals surface area contributed by atoms with Gasteiger partial charge in [-0.15, -0.1) is 0 Å². The third-order valence-electron chi connectivity index (χ3n) is 1.52. The maximum atomic E-state index is 11.1. The summed E-state index contributed by atoms with van der Waals surface area (Å²) in [6.45, 7) is 3.15. The first-order chi connectivity index (χ1) is 4.72. The zero-order valence-electron chi connectivity index (χ0n) is 6.08. The van der Waals surface area contributed by atoms with Crippen molar-refractivity contribution in [3.8, 4) is 0 Å². The van der Waals surface area contributed by atoms with E-state index >= 15 is 0 Å². The van der Waals surface area contributed by atoms with Crippen molar-refractivity contribution in [3.05, 3.63) is 12.2 Å². The zero-order chi connectivity index (χ0) is 7.56. The van der Waals surface area contributed by atoms with Gasteiger partial charge in [-0.05, 0) is 6.92 Å². The molecule has 0 saturated heterocycles. The molecule has 0 aromatic carbocycles. The Bertz CT molecular complexity index is 155. The highest BCUT2D eigenvalue weighted by atomic mass is 16.2. The molecule has 1 atom stereocenters. The number of hydrogen-bond acceptors (Lipinski definition) is 2. The molecule has 1 aliphatic heterocycles. The van der Waals surface area contributed by atoms with Crippen molar-refractivity contribution in [1.29, 1.82) is 0 Å². The topological polar surface area (TPSA) is 46.3 Å². The molecule has 0 aromatic rings. The molecule has 0 saturated carbocycles. The number of amides is 1. The minimum Gasteiger partial charge on any atom is -0.334 e. The predicted octanol–water partition coefficient (Wildman–Crippen LogP) is -0.268. The van der Waals surface area contributed by atoms with Crippen LogP contribution in [0.2, 0.25) is 0 Å². The summed E-state index contributed by atoms with van der Waals surface area (Å²) in [7, 11) is 0. The number of carbonyl (C=O) groups excluding carboxylic acids is 1. The normalized spacial score (nSPS) is 19.6. The van der Waals surface area contributed by atoms with Crippen LogP contribution in [0.25, 0.3) is 0 Å². The molecule has 0 bridgehead atoms. The number of rotatable bonds is 1. The summed E-state index contributed by atoms with van der Waals surface area (Å²) < 4.78 is 0. The second-order valence-corrected chi connectivity index (χ2v) is 2.50. The Balaban J connectivity index is 2.43. The Morgan fingerprint density at radius 3 is 2.50 bits per heavy atom. The first-order valence-corrected chi connectivity index (χ1v) is 3.41. The average molecular weight is 140 g/mol. The summed E-state index contributed by atoms with van der Waals surface area (Å²) in [6, 6.07) is -0.361. The van der Waals surface area contributed by atoms with Gasteiger partial charge in [-0.3, -0.25) is 4.79 Å². The molecule has 0 spiro atoms. The van der Waals surface area contributed by atoms with Gasteiger partial charge >= 0.3 is 0 Å². The van der Waals surface area contributed by atoms with Gasteiger partial charge in [-0.1, -0.05) is 12.2 Å². The molecule has 56 valence electrons. The minimum absolute atomic E-state index is 0.0324. The summed E-state index contributed by atoms with van der Waals surface area (Å²) >= 11 is 0. The molecule has 0 aromatic heterocycles. The fourth-order valence-corrected chi connectivity index (χ4v) is 0.946. The van der Waals surface area contributed by atoms with E-state index in [0.29, 0.717) is 0 Å². The molecule has 10 heavy (non-hydrogen) atoms. The van der Waals surface area contributed by atoms with E-state index in [2.05, 4.69) is 0 Å². The van der Waals surface area contributed by atoms with Crippen molar-refractivity contribution in [2.24, 2.45) is 5.73 Å². The van der Waals surface area contributed by atoms with E-state index in [9.17, 15) is 4.79 Å². The van der Waals surface area contributed by atoms with Gasteiger partial charge in [0.05, 0.1) is 6.04 Å². The molecule has 3 heteroatoms. The molecule has 1 amide bonds. The summed E-state index contributed by atoms with van der Waals surface area (Å²) in [4.78, 5) is 12.8. The van der Waals surface area contributed by atoms with Crippen LogP contribution in [0.5, 0.6) is 0 Å². The van der Waals surface area contributed by atoms with Crippen LogP contribution in [0, 0.1) is 0 Å². The Labute approximate surface area is 60.5 Å². The fourth-order valence-electron chi connectivity index (χ4n) is 0.946. The Morgan fingerprint density at radius 2 is 2.10 bits per heavy atom. The van der Waals surface area contributed by atoms with Crippen molar-refractivity contribution in [3.63, 3.8) is 0 Å². The van der Waals surface area contributed by atoms with Gasteiger partial charge in [0.2, 0.25) is 5.91 Å². The Morgan fingerprint density at radius 1 is 1.60 bits per heavy atom. The third kappa shape index (κ3) is 1.36. The molecular formula is C7H12N2O. The van der Waals surface area contributed by atoms with Crippen molar-refractivity contribution in [2.45, 2.75) is 13.0 Å². The molecule has 1 rings (SSSR count). The van der Waals surface area contributed by atoms with Crippen molar-refractivity contribution in [2.75, 3.05) is 13.1 Å². The molecule has 0 aliphatic carbocycles. The van der Waals surface area contributed by atoms with Gasteiger partial charge in [0.1, 0.15) is 0 Å². The van der Waals surface area contributed by atoms with Crippen LogP contribution in [0.3, 0.4) is 0 Å². The van der Waals surface area contributed by atoms with Crippen LogP contribution < -0.4 is 5.73 Å². The van der Waals surface area contributed by atoms with Crippen LogP contribution in [0.4, 0.5) is 0 Å². The van der Waals surface area contributed by atoms with E-state index in [1.165, 1.54) is 0 Å². The third-order valence-corrected chi connectivity index (χ3v) is 1.52. The van der Waals surface area contributed by atoms with Gasteiger partial charge in [-0.2, -0.15) is 0 Å². The highest BCUT2D eigenvalue weighted by Crippen LogP contribution is 2.00. The molecule has 1 heterocycles. The quantitative estimate of drug-likeness (QED) is 0.510. The maximum Gasteiger partial charge on any atom is 0.239 e. The van der Waals surface area contributed by atoms with E-state index in [0.717, 1.165) is 13.1 Å². The monoisotopic (exact) mass is 140 g/mol. The van der Waals surface area contributed by atoms with Crippen LogP contribution in [-0.2, 0) is 4.79 Å². The highest BCUT2D eigenvalue weighted by molar-refractivity contribution is 5.81. The SMILES string of the molecule is C[C@H](N)C(=O)N1CC=CC1. The number of carbonyl (C=O) groups is 1. The van der Waals surface area contributed by atoms with Crippen LogP contribution in [0.15, 0.2) is 12.2 Å². The lowest BCUT2D eigenvalue weighted by Gasteiger charge is -2.17. The van der Waals surface area contributed by atoms with Crippen LogP contribution in [-0.4, -0.2) is 29.9 Å². The summed E-state index contributed by atoms with van der Waals surface area (Å²) in [6.07, 6.45) is 3.94. The summed E-state index contributed by atoms with van der Waals surface area (Å²) in [5, 5.41) is 0. The molecule has 1 aliphatic rings. The Hall–Kier alpha value is -0.830. The van der Waals surface area contributed by atoms with Gasteiger partial charge in [-0.25, -0.2) is 0 Å². The standard InChI is InChI=1S/C7H12N2O/c1-6(8)7(10)9-4-2-3-5-9/h2-3,6H,4-5,8H2,1H3/t6-/m0/s1. The van der Waals surface area contributed by atoms with Gasteiger partial charge in [0.15, 0.2) is 0 Å².